The molecule has 0 aromatic heterocycles. The highest BCUT2D eigenvalue weighted by Crippen LogP contribution is 2.17. The van der Waals surface area contributed by atoms with Crippen LogP contribution in [0.1, 0.15) is 18.1 Å². The van der Waals surface area contributed by atoms with E-state index in [2.05, 4.69) is 0 Å². The first kappa shape index (κ1) is 8.57. The molecular weight excluding hydrogens is 152 g/mol. The summed E-state index contributed by atoms with van der Waals surface area (Å²) in [4.78, 5) is 0. The summed E-state index contributed by atoms with van der Waals surface area (Å²) in [6, 6.07) is 8.81. The molecule has 0 fully saturated rings. The predicted molar refractivity (Wildman–Crippen MR) is 46.0 cm³/mol. The number of aliphatic hydroxyl groups excluding tert-OH is 1. The van der Waals surface area contributed by atoms with Crippen molar-refractivity contribution >= 4 is 5.69 Å². The van der Waals surface area contributed by atoms with Crippen LogP contribution in [0.25, 0.3) is 0 Å². The topological polar surface area (TPSA) is 70.0 Å². The first-order chi connectivity index (χ1) is 5.74. The number of anilines is 1. The second kappa shape index (κ2) is 3.74. The van der Waals surface area contributed by atoms with Crippen molar-refractivity contribution in [2.24, 2.45) is 0 Å². The van der Waals surface area contributed by atoms with E-state index in [0.29, 0.717) is 11.3 Å². The highest BCUT2D eigenvalue weighted by molar-refractivity contribution is 5.41. The van der Waals surface area contributed by atoms with Crippen molar-refractivity contribution in [3.05, 3.63) is 29.8 Å². The van der Waals surface area contributed by atoms with Gasteiger partial charge >= 0.3 is 0 Å². The first-order valence-electron chi connectivity index (χ1n) is 3.64. The van der Waals surface area contributed by atoms with Gasteiger partial charge in [-0.25, -0.2) is 0 Å². The molecule has 0 spiro atoms. The van der Waals surface area contributed by atoms with Gasteiger partial charge in [0, 0.05) is 5.69 Å². The summed E-state index contributed by atoms with van der Waals surface area (Å²) >= 11 is 0. The molecule has 62 valence electrons. The SMILES string of the molecule is N#CCC(O)c1cccc(N)c1. The third kappa shape index (κ3) is 1.97. The summed E-state index contributed by atoms with van der Waals surface area (Å²) in [5.74, 6) is 0. The fourth-order valence-corrected chi connectivity index (χ4v) is 0.971. The van der Waals surface area contributed by atoms with Gasteiger partial charge in [-0.1, -0.05) is 12.1 Å². The van der Waals surface area contributed by atoms with Crippen molar-refractivity contribution in [1.29, 1.82) is 5.26 Å². The Kier molecular flexibility index (Phi) is 2.67. The Bertz CT molecular complexity index is 304. The van der Waals surface area contributed by atoms with Gasteiger partial charge in [-0.15, -0.1) is 0 Å². The Morgan fingerprint density at radius 3 is 2.92 bits per heavy atom. The highest BCUT2D eigenvalue weighted by Gasteiger charge is 2.05. The molecule has 0 aliphatic carbocycles. The summed E-state index contributed by atoms with van der Waals surface area (Å²) in [6.45, 7) is 0. The van der Waals surface area contributed by atoms with Crippen molar-refractivity contribution in [2.45, 2.75) is 12.5 Å². The Morgan fingerprint density at radius 2 is 2.33 bits per heavy atom. The van der Waals surface area contributed by atoms with E-state index >= 15 is 0 Å². The van der Waals surface area contributed by atoms with Crippen molar-refractivity contribution in [3.63, 3.8) is 0 Å². The van der Waals surface area contributed by atoms with Gasteiger partial charge in [0.15, 0.2) is 0 Å². The molecule has 12 heavy (non-hydrogen) atoms. The molecule has 1 aromatic rings. The summed E-state index contributed by atoms with van der Waals surface area (Å²) < 4.78 is 0. The maximum absolute atomic E-state index is 9.37. The molecule has 0 bridgehead atoms. The van der Waals surface area contributed by atoms with Crippen LogP contribution in [-0.2, 0) is 0 Å². The van der Waals surface area contributed by atoms with Crippen molar-refractivity contribution < 1.29 is 5.11 Å². The number of rotatable bonds is 2. The van der Waals surface area contributed by atoms with Gasteiger partial charge in [0.2, 0.25) is 0 Å². The lowest BCUT2D eigenvalue weighted by atomic mass is 10.1. The van der Waals surface area contributed by atoms with E-state index in [1.165, 1.54) is 0 Å². The number of hydrogen-bond donors (Lipinski definition) is 2. The quantitative estimate of drug-likeness (QED) is 0.642. The smallest absolute Gasteiger partial charge is 0.0920 e. The van der Waals surface area contributed by atoms with Crippen LogP contribution in [0.15, 0.2) is 24.3 Å². The molecule has 0 aliphatic heterocycles. The number of nitrogen functional groups attached to an aromatic ring is 1. The van der Waals surface area contributed by atoms with E-state index in [9.17, 15) is 5.11 Å². The average Bonchev–Trinajstić information content (AvgIpc) is 2.05. The molecule has 0 heterocycles. The van der Waals surface area contributed by atoms with Crippen molar-refractivity contribution in [1.82, 2.24) is 0 Å². The Labute approximate surface area is 71.1 Å². The number of nitrogens with two attached hydrogens (primary N) is 1. The minimum Gasteiger partial charge on any atom is -0.399 e. The Balaban J connectivity index is 2.82. The number of nitriles is 1. The third-order valence-electron chi connectivity index (χ3n) is 1.58. The Morgan fingerprint density at radius 1 is 1.58 bits per heavy atom. The number of hydrogen-bond acceptors (Lipinski definition) is 3. The molecule has 0 radical (unpaired) electrons. The fraction of sp³-hybridized carbons (Fsp3) is 0.222. The molecule has 0 amide bonds. The van der Waals surface area contributed by atoms with Crippen LogP contribution in [0.2, 0.25) is 0 Å². The van der Waals surface area contributed by atoms with Gasteiger partial charge in [0.1, 0.15) is 0 Å². The zero-order valence-electron chi connectivity index (χ0n) is 6.57. The average molecular weight is 162 g/mol. The predicted octanol–water partition coefficient (Wildman–Crippen LogP) is 1.22. The lowest BCUT2D eigenvalue weighted by molar-refractivity contribution is 0.183. The second-order valence-corrected chi connectivity index (χ2v) is 2.55. The van der Waals surface area contributed by atoms with E-state index in [4.69, 9.17) is 11.0 Å². The largest absolute Gasteiger partial charge is 0.399 e. The molecule has 3 N–H and O–H groups in total. The molecule has 0 aliphatic rings. The van der Waals surface area contributed by atoms with E-state index in [0.717, 1.165) is 0 Å². The van der Waals surface area contributed by atoms with Crippen LogP contribution in [0, 0.1) is 11.3 Å². The molecule has 0 saturated heterocycles. The lowest BCUT2D eigenvalue weighted by Crippen LogP contribution is -1.96. The van der Waals surface area contributed by atoms with E-state index in [1.807, 2.05) is 6.07 Å². The molecule has 3 nitrogen and oxygen atoms in total. The highest BCUT2D eigenvalue weighted by atomic mass is 16.3. The zero-order valence-corrected chi connectivity index (χ0v) is 6.57. The van der Waals surface area contributed by atoms with Crippen LogP contribution in [0.5, 0.6) is 0 Å². The van der Waals surface area contributed by atoms with Gasteiger partial charge in [-0.05, 0) is 17.7 Å². The standard InChI is InChI=1S/C9H10N2O/c10-5-4-9(12)7-2-1-3-8(11)6-7/h1-3,6,9,12H,4,11H2. The fourth-order valence-electron chi connectivity index (χ4n) is 0.971. The van der Waals surface area contributed by atoms with Crippen LogP contribution < -0.4 is 5.73 Å². The van der Waals surface area contributed by atoms with Crippen LogP contribution in [0.4, 0.5) is 5.69 Å². The normalized spacial score (nSPS) is 12.0. The maximum atomic E-state index is 9.37. The molecular formula is C9H10N2O. The second-order valence-electron chi connectivity index (χ2n) is 2.55. The third-order valence-corrected chi connectivity index (χ3v) is 1.58. The summed E-state index contributed by atoms with van der Waals surface area (Å²) in [7, 11) is 0. The number of benzene rings is 1. The Hall–Kier alpha value is -1.53. The van der Waals surface area contributed by atoms with Crippen molar-refractivity contribution in [2.75, 3.05) is 5.73 Å². The summed E-state index contributed by atoms with van der Waals surface area (Å²) in [5.41, 5.74) is 6.79. The molecule has 1 aromatic carbocycles. The molecule has 1 atom stereocenters. The van der Waals surface area contributed by atoms with Crippen molar-refractivity contribution in [3.8, 4) is 6.07 Å². The van der Waals surface area contributed by atoms with Crippen LogP contribution in [0.3, 0.4) is 0 Å². The van der Waals surface area contributed by atoms with E-state index in [1.54, 1.807) is 24.3 Å². The van der Waals surface area contributed by atoms with Gasteiger partial charge in [0.05, 0.1) is 18.6 Å². The monoisotopic (exact) mass is 162 g/mol. The van der Waals surface area contributed by atoms with Crippen LogP contribution in [-0.4, -0.2) is 5.11 Å². The molecule has 0 saturated carbocycles. The summed E-state index contributed by atoms with van der Waals surface area (Å²) in [6.07, 6.45) is -0.623. The van der Waals surface area contributed by atoms with Gasteiger partial charge in [-0.3, -0.25) is 0 Å². The van der Waals surface area contributed by atoms with Crippen LogP contribution >= 0.6 is 0 Å². The van der Waals surface area contributed by atoms with Gasteiger partial charge in [-0.2, -0.15) is 5.26 Å². The lowest BCUT2D eigenvalue weighted by Gasteiger charge is -2.06. The van der Waals surface area contributed by atoms with Gasteiger partial charge in [0.25, 0.3) is 0 Å². The number of aliphatic hydroxyl groups is 1. The maximum Gasteiger partial charge on any atom is 0.0920 e. The molecule has 1 rings (SSSR count). The molecule has 1 unspecified atom stereocenters. The van der Waals surface area contributed by atoms with E-state index in [-0.39, 0.29) is 6.42 Å². The molecule has 3 heteroatoms. The summed E-state index contributed by atoms with van der Waals surface area (Å²) in [5, 5.41) is 17.7. The van der Waals surface area contributed by atoms with Gasteiger partial charge < -0.3 is 10.8 Å². The first-order valence-corrected chi connectivity index (χ1v) is 3.64. The minimum absolute atomic E-state index is 0.101. The van der Waals surface area contributed by atoms with E-state index < -0.39 is 6.10 Å². The minimum atomic E-state index is -0.724. The zero-order chi connectivity index (χ0) is 8.97. The number of nitrogens with zero attached hydrogens (tertiary/aromatic N) is 1.